The van der Waals surface area contributed by atoms with Crippen LogP contribution >= 0.6 is 0 Å². The van der Waals surface area contributed by atoms with Crippen molar-refractivity contribution in [2.75, 3.05) is 0 Å². The normalized spacial score (nSPS) is 17.2. The molecule has 1 amide bonds. The Morgan fingerprint density at radius 2 is 2.12 bits per heavy atom. The highest BCUT2D eigenvalue weighted by molar-refractivity contribution is 6.01. The molecule has 0 bridgehead atoms. The lowest BCUT2D eigenvalue weighted by molar-refractivity contribution is -0.108. The number of hydrogen-bond donors (Lipinski definition) is 2. The fourth-order valence-corrected chi connectivity index (χ4v) is 3.51. The zero-order valence-electron chi connectivity index (χ0n) is 15.0. The van der Waals surface area contributed by atoms with Crippen molar-refractivity contribution in [3.8, 4) is 5.75 Å². The SMILES string of the molecule is CC1(C)CCC(NC(=O)c2c(O)c3cccnc3n(CC=O)c2=O)CC1. The predicted octanol–water partition coefficient (Wildman–Crippen LogP) is 2.00. The molecule has 0 radical (unpaired) electrons. The number of pyridine rings is 2. The van der Waals surface area contributed by atoms with Gasteiger partial charge < -0.3 is 15.2 Å². The summed E-state index contributed by atoms with van der Waals surface area (Å²) in [6, 6.07) is 3.14. The van der Waals surface area contributed by atoms with E-state index in [0.717, 1.165) is 30.3 Å². The monoisotopic (exact) mass is 357 g/mol. The molecule has 138 valence electrons. The van der Waals surface area contributed by atoms with Gasteiger partial charge in [-0.15, -0.1) is 0 Å². The number of carbonyl (C=O) groups is 2. The number of aldehydes is 1. The molecular weight excluding hydrogens is 334 g/mol. The van der Waals surface area contributed by atoms with E-state index in [-0.39, 0.29) is 34.6 Å². The van der Waals surface area contributed by atoms with E-state index in [1.54, 1.807) is 12.1 Å². The molecule has 1 aliphatic carbocycles. The third-order valence-electron chi connectivity index (χ3n) is 5.15. The van der Waals surface area contributed by atoms with Crippen LogP contribution in [-0.2, 0) is 11.3 Å². The lowest BCUT2D eigenvalue weighted by Gasteiger charge is -2.34. The fraction of sp³-hybridized carbons (Fsp3) is 0.474. The molecule has 26 heavy (non-hydrogen) atoms. The van der Waals surface area contributed by atoms with Gasteiger partial charge in [0, 0.05) is 12.2 Å². The number of fused-ring (bicyclic) bond motifs is 1. The Morgan fingerprint density at radius 3 is 2.77 bits per heavy atom. The number of carbonyl (C=O) groups excluding carboxylic acids is 2. The van der Waals surface area contributed by atoms with Crippen molar-refractivity contribution < 1.29 is 14.7 Å². The molecule has 0 saturated heterocycles. The summed E-state index contributed by atoms with van der Waals surface area (Å²) in [5, 5.41) is 13.6. The standard InChI is InChI=1S/C19H23N3O4/c1-19(2)7-5-12(6-8-19)21-17(25)14-15(24)13-4-3-9-20-16(13)22(10-11-23)18(14)26/h3-4,9,11-12,24H,5-8,10H2,1-2H3,(H,21,25). The average molecular weight is 357 g/mol. The van der Waals surface area contributed by atoms with Gasteiger partial charge in [-0.3, -0.25) is 14.2 Å². The molecule has 1 aliphatic rings. The van der Waals surface area contributed by atoms with Crippen LogP contribution in [0.25, 0.3) is 11.0 Å². The van der Waals surface area contributed by atoms with Crippen LogP contribution < -0.4 is 10.9 Å². The molecule has 0 unspecified atom stereocenters. The van der Waals surface area contributed by atoms with Crippen LogP contribution in [0.5, 0.6) is 5.75 Å². The van der Waals surface area contributed by atoms with Crippen LogP contribution in [0.3, 0.4) is 0 Å². The van der Waals surface area contributed by atoms with Crippen LogP contribution in [0, 0.1) is 5.41 Å². The van der Waals surface area contributed by atoms with Gasteiger partial charge in [-0.25, -0.2) is 4.98 Å². The minimum atomic E-state index is -0.713. The van der Waals surface area contributed by atoms with Crippen LogP contribution in [0.1, 0.15) is 49.9 Å². The third kappa shape index (κ3) is 3.34. The molecule has 7 heteroatoms. The minimum Gasteiger partial charge on any atom is -0.506 e. The van der Waals surface area contributed by atoms with Gasteiger partial charge in [0.15, 0.2) is 0 Å². The Bertz CT molecular complexity index is 907. The zero-order chi connectivity index (χ0) is 18.9. The van der Waals surface area contributed by atoms with E-state index in [4.69, 9.17) is 0 Å². The second-order valence-corrected chi connectivity index (χ2v) is 7.59. The molecule has 3 rings (SSSR count). The number of aromatic nitrogens is 2. The molecule has 0 atom stereocenters. The molecular formula is C19H23N3O4. The third-order valence-corrected chi connectivity index (χ3v) is 5.15. The van der Waals surface area contributed by atoms with Crippen molar-refractivity contribution in [3.63, 3.8) is 0 Å². The number of hydrogen-bond acceptors (Lipinski definition) is 5. The highest BCUT2D eigenvalue weighted by Crippen LogP contribution is 2.35. The number of nitrogens with zero attached hydrogens (tertiary/aromatic N) is 2. The number of aromatic hydroxyl groups is 1. The molecule has 2 heterocycles. The first kappa shape index (κ1) is 18.1. The molecule has 0 aliphatic heterocycles. The summed E-state index contributed by atoms with van der Waals surface area (Å²) in [6.07, 6.45) is 5.67. The van der Waals surface area contributed by atoms with E-state index in [2.05, 4.69) is 24.1 Å². The predicted molar refractivity (Wildman–Crippen MR) is 97.2 cm³/mol. The van der Waals surface area contributed by atoms with E-state index in [1.165, 1.54) is 6.20 Å². The Morgan fingerprint density at radius 1 is 1.42 bits per heavy atom. The van der Waals surface area contributed by atoms with Gasteiger partial charge in [0.25, 0.3) is 11.5 Å². The van der Waals surface area contributed by atoms with E-state index in [1.807, 2.05) is 0 Å². The summed E-state index contributed by atoms with van der Waals surface area (Å²) in [7, 11) is 0. The zero-order valence-corrected chi connectivity index (χ0v) is 15.0. The van der Waals surface area contributed by atoms with Crippen molar-refractivity contribution in [1.82, 2.24) is 14.9 Å². The maximum absolute atomic E-state index is 12.7. The van der Waals surface area contributed by atoms with Gasteiger partial charge in [0.1, 0.15) is 23.2 Å². The van der Waals surface area contributed by atoms with Gasteiger partial charge in [-0.05, 0) is 43.2 Å². The number of amides is 1. The van der Waals surface area contributed by atoms with E-state index in [9.17, 15) is 19.5 Å². The van der Waals surface area contributed by atoms with E-state index in [0.29, 0.717) is 6.29 Å². The molecule has 2 aromatic heterocycles. The highest BCUT2D eigenvalue weighted by Gasteiger charge is 2.29. The second kappa shape index (κ2) is 6.90. The van der Waals surface area contributed by atoms with Crippen LogP contribution in [0.4, 0.5) is 0 Å². The van der Waals surface area contributed by atoms with Gasteiger partial charge in [-0.2, -0.15) is 0 Å². The first-order valence-corrected chi connectivity index (χ1v) is 8.79. The molecule has 2 N–H and O–H groups in total. The lowest BCUT2D eigenvalue weighted by atomic mass is 9.75. The highest BCUT2D eigenvalue weighted by atomic mass is 16.3. The van der Waals surface area contributed by atoms with E-state index >= 15 is 0 Å². The largest absolute Gasteiger partial charge is 0.506 e. The Labute approximate surface area is 151 Å². The maximum atomic E-state index is 12.7. The van der Waals surface area contributed by atoms with E-state index < -0.39 is 17.2 Å². The lowest BCUT2D eigenvalue weighted by Crippen LogP contribution is -2.42. The van der Waals surface area contributed by atoms with Crippen molar-refractivity contribution >= 4 is 23.2 Å². The van der Waals surface area contributed by atoms with Crippen molar-refractivity contribution in [2.24, 2.45) is 5.41 Å². The van der Waals surface area contributed by atoms with Gasteiger partial charge >= 0.3 is 0 Å². The Kier molecular flexibility index (Phi) is 4.80. The van der Waals surface area contributed by atoms with Crippen molar-refractivity contribution in [2.45, 2.75) is 52.1 Å². The molecule has 7 nitrogen and oxygen atoms in total. The first-order valence-electron chi connectivity index (χ1n) is 8.79. The smallest absolute Gasteiger partial charge is 0.269 e. The topological polar surface area (TPSA) is 101 Å². The molecule has 2 aromatic rings. The first-order chi connectivity index (χ1) is 12.3. The van der Waals surface area contributed by atoms with Crippen molar-refractivity contribution in [3.05, 3.63) is 34.2 Å². The summed E-state index contributed by atoms with van der Waals surface area (Å²) in [4.78, 5) is 40.5. The Balaban J connectivity index is 1.98. The van der Waals surface area contributed by atoms with Gasteiger partial charge in [-0.1, -0.05) is 13.8 Å². The summed E-state index contributed by atoms with van der Waals surface area (Å²) in [5.74, 6) is -1.00. The average Bonchev–Trinajstić information content (AvgIpc) is 2.60. The van der Waals surface area contributed by atoms with Crippen LogP contribution in [-0.4, -0.2) is 32.9 Å². The van der Waals surface area contributed by atoms with Gasteiger partial charge in [0.05, 0.1) is 11.9 Å². The fourth-order valence-electron chi connectivity index (χ4n) is 3.51. The summed E-state index contributed by atoms with van der Waals surface area (Å²) in [5.41, 5.74) is -0.612. The minimum absolute atomic E-state index is 0.0292. The Hall–Kier alpha value is -2.70. The molecule has 0 spiro atoms. The number of nitrogens with one attached hydrogen (secondary N) is 1. The van der Waals surface area contributed by atoms with Crippen LogP contribution in [0.2, 0.25) is 0 Å². The number of rotatable bonds is 4. The summed E-state index contributed by atoms with van der Waals surface area (Å²) >= 11 is 0. The van der Waals surface area contributed by atoms with Crippen molar-refractivity contribution in [1.29, 1.82) is 0 Å². The maximum Gasteiger partial charge on any atom is 0.269 e. The van der Waals surface area contributed by atoms with Crippen LogP contribution in [0.15, 0.2) is 23.1 Å². The van der Waals surface area contributed by atoms with Gasteiger partial charge in [0.2, 0.25) is 0 Å². The summed E-state index contributed by atoms with van der Waals surface area (Å²) < 4.78 is 1.11. The quantitative estimate of drug-likeness (QED) is 0.815. The molecule has 1 saturated carbocycles. The molecule has 1 fully saturated rings. The second-order valence-electron chi connectivity index (χ2n) is 7.59. The molecule has 0 aromatic carbocycles. The summed E-state index contributed by atoms with van der Waals surface area (Å²) in [6.45, 7) is 4.17.